The van der Waals surface area contributed by atoms with E-state index in [-0.39, 0.29) is 158 Å². The fraction of sp³-hybridized carbons (Fsp3) is 0.562. The average molecular weight is 2080 g/mol. The summed E-state index contributed by atoms with van der Waals surface area (Å²) in [5.41, 5.74) is 58.2. The van der Waals surface area contributed by atoms with Crippen molar-refractivity contribution in [1.82, 2.24) is 72.7 Å². The van der Waals surface area contributed by atoms with Crippen molar-refractivity contribution >= 4 is 137 Å². The highest BCUT2D eigenvalue weighted by atomic mass is 31.2. The molecule has 143 heavy (non-hydrogen) atoms. The minimum Gasteiger partial charge on any atom is -0.394 e. The Morgan fingerprint density at radius 1 is 0.357 bits per heavy atom. The topological polar surface area (TPSA) is 965 Å². The molecule has 63 heteroatoms. The summed E-state index contributed by atoms with van der Waals surface area (Å²) in [6.45, 7) is 13.3. The van der Waals surface area contributed by atoms with Crippen molar-refractivity contribution in [2.45, 2.75) is 204 Å². The lowest BCUT2D eigenvalue weighted by Crippen LogP contribution is -2.34. The number of aromatic nitrogens is 15. The van der Waals surface area contributed by atoms with E-state index in [1.165, 1.54) is 53.8 Å². The van der Waals surface area contributed by atoms with Gasteiger partial charge < -0.3 is 212 Å². The highest BCUT2D eigenvalue weighted by Gasteiger charge is 2.51. The number of ether oxygens (including phenoxy) is 9. The number of nitrogen functional groups attached to an aromatic ring is 5. The summed E-state index contributed by atoms with van der Waals surface area (Å²) in [4.78, 5) is 129. The summed E-state index contributed by atoms with van der Waals surface area (Å²) in [5, 5.41) is 123. The number of carbonyl (C=O) groups excluding carboxylic acids is 5. The molecule has 15 rings (SSSR count). The Hall–Kier alpha value is -10.9. The minimum atomic E-state index is -4.39. The lowest BCUT2D eigenvalue weighted by Gasteiger charge is -2.19. The molecule has 5 aliphatic rings. The van der Waals surface area contributed by atoms with Crippen LogP contribution in [0.2, 0.25) is 0 Å². The van der Waals surface area contributed by atoms with Crippen molar-refractivity contribution < 1.29 is 170 Å². The number of aryl methyl sites for hydroxylation is 5. The second-order valence-electron chi connectivity index (χ2n) is 32.9. The van der Waals surface area contributed by atoms with Crippen molar-refractivity contribution in [2.24, 2.45) is 28.7 Å². The molecule has 5 saturated heterocycles. The van der Waals surface area contributed by atoms with E-state index in [0.717, 1.165) is 6.42 Å². The minimum absolute atomic E-state index is 0.0130. The molecule has 60 nitrogen and oxygen atoms in total. The van der Waals surface area contributed by atoms with Crippen LogP contribution < -0.4 is 57.3 Å². The molecule has 0 spiro atoms. The molecule has 5 aliphatic heterocycles. The smallest absolute Gasteiger partial charge is 0.356 e. The zero-order valence-electron chi connectivity index (χ0n) is 78.2. The third kappa shape index (κ3) is 25.1. The zero-order chi connectivity index (χ0) is 105. The lowest BCUT2D eigenvalue weighted by molar-refractivity contribution is -0.0616. The number of fused-ring (bicyclic) bond motifs is 5. The van der Waals surface area contributed by atoms with Crippen LogP contribution in [0.3, 0.4) is 0 Å². The summed E-state index contributed by atoms with van der Waals surface area (Å²) in [6, 6.07) is 0. The number of nitrogens with zero attached hydrogens (tertiary/aromatic N) is 15. The van der Waals surface area contributed by atoms with Crippen molar-refractivity contribution in [3.8, 4) is 0 Å². The molecule has 15 heterocycles. The standard InChI is InChI=1S/C19H30N5O9P.C18H28N5O8P.C15H21N5O5.C14H20N5O8P.C14H19N5O5/c1-3-30-5-4-6-32-34(28,29)9-31-8-12-14(25)15(26)19(33-12)24-7-11(17(21)27)13-16(20)22-10(2)23-18(13)24;1-4-29-32(27,30-5-2)8-28-7-11-13(24)14(25)18(31-11)23-6-10(16(20)26)12-15(19)21-9(3)22-17(12)23;1-2-3-8-18-12(16)9-6(13(17)24)4-20(14(9)19-8)15-11(23)10(22)7(5-21)25-15;1-5-17-11(15)8-6(12(16)22)2-19(13(8)18-5)14-10(21)9(20)7(27-14)3-26-4-28(23,24)25;1-2-7-17-11(15)8-5(12(16)23)3-19(13(8)18-7)14-10(22)9(21)6(4-20)24-14/h7,12,14-15,19,25-26H,3-6,8-9H2,1-2H3,(H2,21,27)(H,28,29)(H2,20,22,23);6,11,13-14,18,24-25H,4-5,7-8H2,1-3H3,(H2,20,26)(H2,19,21,22);4,7,10-11,15,21-23H,2-3,5H2,1H3,(H2,17,24)(H2,16,18,19);2,7,9-10,14,20-21H,3-4H2,1H3,(H2,16,22)(H2,15,17,18)(H2,23,24,25);3,6,9-10,14,20-22H,2,4H2,1H3,(H2,16,23)(H2,15,17,18). The number of anilines is 5. The summed E-state index contributed by atoms with van der Waals surface area (Å²) >= 11 is 0. The molecule has 0 radical (unpaired) electrons. The average Bonchev–Trinajstić information content (AvgIpc) is 1.62. The number of hydrogen-bond acceptors (Lipinski definition) is 47. The monoisotopic (exact) mass is 2080 g/mol. The van der Waals surface area contributed by atoms with Gasteiger partial charge in [0.15, 0.2) is 31.1 Å². The van der Waals surface area contributed by atoms with Gasteiger partial charge in [-0.25, -0.2) is 49.8 Å². The van der Waals surface area contributed by atoms with E-state index in [2.05, 4.69) is 49.8 Å². The second-order valence-corrected chi connectivity index (χ2v) is 38.3. The number of aliphatic hydroxyl groups is 12. The van der Waals surface area contributed by atoms with E-state index in [0.29, 0.717) is 61.6 Å². The summed E-state index contributed by atoms with van der Waals surface area (Å²) in [5.74, 6) is -1.62. The maximum atomic E-state index is 12.5. The van der Waals surface area contributed by atoms with Crippen LogP contribution in [-0.4, -0.2) is 355 Å². The molecule has 0 aromatic carbocycles. The molecule has 788 valence electrons. The van der Waals surface area contributed by atoms with Crippen LogP contribution in [0, 0.1) is 20.8 Å². The van der Waals surface area contributed by atoms with Crippen molar-refractivity contribution in [3.63, 3.8) is 0 Å². The van der Waals surface area contributed by atoms with E-state index in [1.54, 1.807) is 34.6 Å². The van der Waals surface area contributed by atoms with Crippen molar-refractivity contribution in [2.75, 3.05) is 114 Å². The van der Waals surface area contributed by atoms with Gasteiger partial charge >= 0.3 is 22.8 Å². The summed E-state index contributed by atoms with van der Waals surface area (Å²) in [7, 11) is -11.9. The third-order valence-electron chi connectivity index (χ3n) is 22.7. The fourth-order valence-electron chi connectivity index (χ4n) is 16.1. The molecular formula is C80H118N25O35P3. The van der Waals surface area contributed by atoms with E-state index >= 15 is 0 Å². The zero-order valence-corrected chi connectivity index (χ0v) is 80.8. The van der Waals surface area contributed by atoms with Gasteiger partial charge in [0.25, 0.3) is 29.5 Å². The maximum Gasteiger partial charge on any atom is 0.356 e. The number of hydrogen-bond donors (Lipinski definition) is 25. The first-order chi connectivity index (χ1) is 67.4. The van der Waals surface area contributed by atoms with Gasteiger partial charge in [0, 0.05) is 57.0 Å². The Morgan fingerprint density at radius 3 is 0.916 bits per heavy atom. The van der Waals surface area contributed by atoms with Crippen LogP contribution in [0.25, 0.3) is 55.2 Å². The van der Waals surface area contributed by atoms with Crippen LogP contribution in [0.4, 0.5) is 29.1 Å². The van der Waals surface area contributed by atoms with E-state index < -0.39 is 201 Å². The van der Waals surface area contributed by atoms with Crippen LogP contribution in [-0.2, 0) is 82.7 Å². The largest absolute Gasteiger partial charge is 0.394 e. The molecule has 10 aromatic heterocycles. The maximum absolute atomic E-state index is 12.5. The Labute approximate surface area is 809 Å². The first-order valence-corrected chi connectivity index (χ1v) is 49.5. The molecule has 35 N–H and O–H groups in total. The molecule has 10 aromatic rings. The molecule has 5 amide bonds. The predicted octanol–water partition coefficient (Wildman–Crippen LogP) is -4.92. The number of nitrogens with two attached hydrogens (primary N) is 10. The fourth-order valence-corrected chi connectivity index (χ4v) is 18.6. The number of carbonyl (C=O) groups is 5. The van der Waals surface area contributed by atoms with Gasteiger partial charge in [0.1, 0.15) is 197 Å². The molecule has 21 unspecified atom stereocenters. The number of aliphatic hydroxyl groups excluding tert-OH is 12. The van der Waals surface area contributed by atoms with Crippen molar-refractivity contribution in [3.05, 3.63) is 87.9 Å². The summed E-state index contributed by atoms with van der Waals surface area (Å²) < 4.78 is 106. The van der Waals surface area contributed by atoms with Crippen LogP contribution in [0.1, 0.15) is 160 Å². The lowest BCUT2D eigenvalue weighted by atomic mass is 10.1. The Kier molecular flexibility index (Phi) is 37.3. The quantitative estimate of drug-likeness (QED) is 0.0128. The molecular weight excluding hydrogens is 1960 g/mol. The first kappa shape index (κ1) is 112. The second kappa shape index (κ2) is 47.5. The number of rotatable bonds is 37. The highest BCUT2D eigenvalue weighted by Crippen LogP contribution is 2.49. The molecule has 0 aliphatic carbocycles. The van der Waals surface area contributed by atoms with E-state index in [9.17, 15) is 104 Å². The SMILES string of the molecule is CCCc1nc(N)c2c(C(N)=O)cn(C3OC(CO)C(O)C3O)c2n1.CCOCCCOP(=O)(O)COCC1OC(n2cc(C(N)=O)c3c(N)nc(C)nc32)C(O)C1O.CCOP(=O)(COCC1OC(n2cc(C(N)=O)c3c(N)nc(C)nc32)C(O)C1O)OCC.CCc1nc(N)c2c(C(N)=O)cn(C3OC(CO)C(O)C3O)c2n1.Cc1nc(N)c2c(C(N)=O)cn(C3OC(COCP(=O)(O)O)C(O)C3O)c2n1. The van der Waals surface area contributed by atoms with Gasteiger partial charge in [-0.05, 0) is 54.4 Å². The molecule has 5 fully saturated rings. The number of primary amides is 5. The highest BCUT2D eigenvalue weighted by molar-refractivity contribution is 7.53. The van der Waals surface area contributed by atoms with Gasteiger partial charge in [-0.15, -0.1) is 0 Å². The predicted molar refractivity (Wildman–Crippen MR) is 496 cm³/mol. The van der Waals surface area contributed by atoms with Crippen molar-refractivity contribution in [1.29, 1.82) is 0 Å². The van der Waals surface area contributed by atoms with Crippen LogP contribution in [0.15, 0.2) is 31.0 Å². The van der Waals surface area contributed by atoms with Gasteiger partial charge in [-0.1, -0.05) is 13.8 Å². The Bertz CT molecular complexity index is 6380. The summed E-state index contributed by atoms with van der Waals surface area (Å²) in [6.07, 6.45) is -17.0. The number of amides is 5. The first-order valence-electron chi connectivity index (χ1n) is 44.2. The van der Waals surface area contributed by atoms with Gasteiger partial charge in [0.2, 0.25) is 0 Å². The molecule has 0 saturated carbocycles. The normalized spacial score (nSPS) is 25.3. The van der Waals surface area contributed by atoms with Crippen LogP contribution in [0.5, 0.6) is 0 Å². The van der Waals surface area contributed by atoms with Gasteiger partial charge in [-0.2, -0.15) is 0 Å². The van der Waals surface area contributed by atoms with E-state index in [4.69, 9.17) is 123 Å². The Balaban J connectivity index is 0.000000171. The van der Waals surface area contributed by atoms with Gasteiger partial charge in [0.05, 0.1) is 108 Å². The molecule has 21 atom stereocenters. The molecule has 0 bridgehead atoms. The third-order valence-corrected chi connectivity index (χ3v) is 26.1. The van der Waals surface area contributed by atoms with Crippen LogP contribution >= 0.6 is 22.8 Å². The Morgan fingerprint density at radius 2 is 0.636 bits per heavy atom. The van der Waals surface area contributed by atoms with Gasteiger partial charge in [-0.3, -0.25) is 37.7 Å². The van der Waals surface area contributed by atoms with E-state index in [1.807, 2.05) is 20.8 Å².